The van der Waals surface area contributed by atoms with E-state index in [4.69, 9.17) is 14.2 Å². The number of esters is 1. The van der Waals surface area contributed by atoms with Gasteiger partial charge in [0.1, 0.15) is 16.7 Å². The van der Waals surface area contributed by atoms with Gasteiger partial charge in [-0.05, 0) is 18.1 Å². The van der Waals surface area contributed by atoms with Crippen LogP contribution >= 0.6 is 11.8 Å². The third kappa shape index (κ3) is 4.29. The van der Waals surface area contributed by atoms with Crippen molar-refractivity contribution in [2.75, 3.05) is 26.1 Å². The van der Waals surface area contributed by atoms with Crippen molar-refractivity contribution in [3.05, 3.63) is 48.0 Å². The van der Waals surface area contributed by atoms with E-state index in [1.807, 2.05) is 24.3 Å². The molecule has 0 fully saturated rings. The standard InChI is InChI=1S/C19H19NO5S/c1-23-14-8-13(9-15(10-14)24-2)20-18(21)11-25-19(22)17-7-12-5-3-4-6-16(12)26-17/h3-6,8-10,17H,7,11H2,1-2H3,(H,20,21). The second-order valence-electron chi connectivity index (χ2n) is 5.68. The molecule has 0 spiro atoms. The number of anilines is 1. The van der Waals surface area contributed by atoms with Crippen LogP contribution in [0.15, 0.2) is 47.4 Å². The summed E-state index contributed by atoms with van der Waals surface area (Å²) < 4.78 is 15.5. The molecule has 1 unspecified atom stereocenters. The first-order chi connectivity index (χ1) is 12.6. The zero-order valence-corrected chi connectivity index (χ0v) is 15.3. The third-order valence-corrected chi connectivity index (χ3v) is 5.19. The number of amides is 1. The van der Waals surface area contributed by atoms with Crippen molar-refractivity contribution >= 4 is 29.3 Å². The lowest BCUT2D eigenvalue weighted by molar-refractivity contribution is -0.146. The summed E-state index contributed by atoms with van der Waals surface area (Å²) in [6.07, 6.45) is 0.619. The number of thioether (sulfide) groups is 1. The first-order valence-corrected chi connectivity index (χ1v) is 8.91. The highest BCUT2D eigenvalue weighted by Crippen LogP contribution is 2.37. The molecule has 0 aliphatic carbocycles. The minimum Gasteiger partial charge on any atom is -0.497 e. The number of fused-ring (bicyclic) bond motifs is 1. The number of carbonyl (C=O) groups excluding carboxylic acids is 2. The molecule has 0 saturated carbocycles. The van der Waals surface area contributed by atoms with Gasteiger partial charge in [0.05, 0.1) is 14.2 Å². The monoisotopic (exact) mass is 373 g/mol. The number of hydrogen-bond donors (Lipinski definition) is 1. The Morgan fingerprint density at radius 2 is 1.81 bits per heavy atom. The Labute approximate surface area is 155 Å². The van der Waals surface area contributed by atoms with Gasteiger partial charge in [-0.15, -0.1) is 11.8 Å². The van der Waals surface area contributed by atoms with Crippen molar-refractivity contribution < 1.29 is 23.8 Å². The summed E-state index contributed by atoms with van der Waals surface area (Å²) >= 11 is 1.47. The van der Waals surface area contributed by atoms with Crippen molar-refractivity contribution in [2.24, 2.45) is 0 Å². The van der Waals surface area contributed by atoms with Crippen LogP contribution in [0.3, 0.4) is 0 Å². The van der Waals surface area contributed by atoms with E-state index in [-0.39, 0.29) is 17.8 Å². The van der Waals surface area contributed by atoms with E-state index < -0.39 is 5.91 Å². The highest BCUT2D eigenvalue weighted by Gasteiger charge is 2.29. The molecule has 2 aromatic carbocycles. The normalized spacial score (nSPS) is 15.1. The number of ether oxygens (including phenoxy) is 3. The number of methoxy groups -OCH3 is 2. The molecule has 0 bridgehead atoms. The summed E-state index contributed by atoms with van der Waals surface area (Å²) in [5, 5.41) is 2.36. The molecule has 1 aliphatic rings. The van der Waals surface area contributed by atoms with Gasteiger partial charge >= 0.3 is 5.97 Å². The lowest BCUT2D eigenvalue weighted by Crippen LogP contribution is -2.26. The Morgan fingerprint density at radius 1 is 1.12 bits per heavy atom. The number of rotatable bonds is 6. The molecule has 0 radical (unpaired) electrons. The highest BCUT2D eigenvalue weighted by molar-refractivity contribution is 8.01. The maximum absolute atomic E-state index is 12.2. The lowest BCUT2D eigenvalue weighted by atomic mass is 10.1. The molecule has 1 aliphatic heterocycles. The third-order valence-electron chi connectivity index (χ3n) is 3.89. The van der Waals surface area contributed by atoms with Gasteiger partial charge in [-0.2, -0.15) is 0 Å². The second kappa shape index (κ2) is 8.14. The largest absolute Gasteiger partial charge is 0.497 e. The van der Waals surface area contributed by atoms with Gasteiger partial charge in [0, 0.05) is 28.8 Å². The zero-order valence-electron chi connectivity index (χ0n) is 14.5. The molecule has 7 heteroatoms. The van der Waals surface area contributed by atoms with Gasteiger partial charge in [0.25, 0.3) is 5.91 Å². The Morgan fingerprint density at radius 3 is 2.46 bits per heavy atom. The van der Waals surface area contributed by atoms with Crippen LogP contribution in [-0.2, 0) is 20.7 Å². The fourth-order valence-electron chi connectivity index (χ4n) is 2.62. The van der Waals surface area contributed by atoms with Crippen LogP contribution in [0.2, 0.25) is 0 Å². The average Bonchev–Trinajstić information content (AvgIpc) is 3.10. The quantitative estimate of drug-likeness (QED) is 0.785. The van der Waals surface area contributed by atoms with Crippen LogP contribution < -0.4 is 14.8 Å². The summed E-state index contributed by atoms with van der Waals surface area (Å²) in [6, 6.07) is 12.9. The van der Waals surface area contributed by atoms with Crippen molar-refractivity contribution in [1.29, 1.82) is 0 Å². The summed E-state index contributed by atoms with van der Waals surface area (Å²) in [5.41, 5.74) is 1.64. The van der Waals surface area contributed by atoms with Crippen molar-refractivity contribution in [2.45, 2.75) is 16.6 Å². The molecule has 0 saturated heterocycles. The Balaban J connectivity index is 1.52. The van der Waals surface area contributed by atoms with Crippen molar-refractivity contribution in [3.63, 3.8) is 0 Å². The van der Waals surface area contributed by atoms with Crippen LogP contribution in [0.4, 0.5) is 5.69 Å². The molecule has 6 nitrogen and oxygen atoms in total. The molecular weight excluding hydrogens is 354 g/mol. The maximum Gasteiger partial charge on any atom is 0.320 e. The summed E-state index contributed by atoms with van der Waals surface area (Å²) in [7, 11) is 3.05. The summed E-state index contributed by atoms with van der Waals surface area (Å²) in [5.74, 6) is 0.298. The number of nitrogens with one attached hydrogen (secondary N) is 1. The van der Waals surface area contributed by atoms with Gasteiger partial charge in [-0.1, -0.05) is 18.2 Å². The molecule has 1 atom stereocenters. The van der Waals surface area contributed by atoms with Crippen LogP contribution in [0.25, 0.3) is 0 Å². The van der Waals surface area contributed by atoms with Gasteiger partial charge in [-0.25, -0.2) is 0 Å². The molecule has 26 heavy (non-hydrogen) atoms. The Kier molecular flexibility index (Phi) is 5.68. The molecular formula is C19H19NO5S. The van der Waals surface area contributed by atoms with E-state index in [2.05, 4.69) is 5.32 Å². The van der Waals surface area contributed by atoms with E-state index in [9.17, 15) is 9.59 Å². The van der Waals surface area contributed by atoms with Crippen molar-refractivity contribution in [1.82, 2.24) is 0 Å². The molecule has 2 aromatic rings. The smallest absolute Gasteiger partial charge is 0.320 e. The van der Waals surface area contributed by atoms with Crippen LogP contribution in [0.5, 0.6) is 11.5 Å². The van der Waals surface area contributed by atoms with E-state index in [0.29, 0.717) is 23.6 Å². The fourth-order valence-corrected chi connectivity index (χ4v) is 3.81. The van der Waals surface area contributed by atoms with E-state index in [0.717, 1.165) is 10.5 Å². The first-order valence-electron chi connectivity index (χ1n) is 8.03. The molecule has 1 amide bonds. The van der Waals surface area contributed by atoms with Gasteiger partial charge in [0.15, 0.2) is 6.61 Å². The molecule has 0 aromatic heterocycles. The average molecular weight is 373 g/mol. The van der Waals surface area contributed by atoms with Gasteiger partial charge < -0.3 is 19.5 Å². The molecule has 3 rings (SSSR count). The minimum atomic E-state index is -0.422. The minimum absolute atomic E-state index is 0.308. The van der Waals surface area contributed by atoms with Crippen LogP contribution in [0, 0.1) is 0 Å². The first kappa shape index (κ1) is 18.1. The van der Waals surface area contributed by atoms with E-state index in [1.54, 1.807) is 18.2 Å². The lowest BCUT2D eigenvalue weighted by Gasteiger charge is -2.11. The fraction of sp³-hybridized carbons (Fsp3) is 0.263. The zero-order chi connectivity index (χ0) is 18.5. The SMILES string of the molecule is COc1cc(NC(=O)COC(=O)C2Cc3ccccc3S2)cc(OC)c1. The van der Waals surface area contributed by atoms with E-state index >= 15 is 0 Å². The summed E-state index contributed by atoms with van der Waals surface area (Å²) in [4.78, 5) is 25.4. The Bertz CT molecular complexity index is 776. The van der Waals surface area contributed by atoms with Crippen LogP contribution in [-0.4, -0.2) is 38.0 Å². The predicted molar refractivity (Wildman–Crippen MR) is 98.9 cm³/mol. The second-order valence-corrected chi connectivity index (χ2v) is 6.92. The van der Waals surface area contributed by atoms with Crippen molar-refractivity contribution in [3.8, 4) is 11.5 Å². The van der Waals surface area contributed by atoms with Gasteiger partial charge in [-0.3, -0.25) is 9.59 Å². The molecule has 136 valence electrons. The van der Waals surface area contributed by atoms with E-state index in [1.165, 1.54) is 26.0 Å². The number of carbonyl (C=O) groups is 2. The van der Waals surface area contributed by atoms with Crippen LogP contribution in [0.1, 0.15) is 5.56 Å². The predicted octanol–water partition coefficient (Wildman–Crippen LogP) is 2.90. The van der Waals surface area contributed by atoms with Gasteiger partial charge in [0.2, 0.25) is 0 Å². The Hall–Kier alpha value is -2.67. The number of hydrogen-bond acceptors (Lipinski definition) is 6. The molecule has 1 heterocycles. The number of benzene rings is 2. The topological polar surface area (TPSA) is 73.9 Å². The molecule has 1 N–H and O–H groups in total. The highest BCUT2D eigenvalue weighted by atomic mass is 32.2. The summed E-state index contributed by atoms with van der Waals surface area (Å²) in [6.45, 7) is -0.342. The maximum atomic E-state index is 12.2.